The van der Waals surface area contributed by atoms with Crippen LogP contribution < -0.4 is 10.5 Å². The van der Waals surface area contributed by atoms with Crippen LogP contribution in [-0.4, -0.2) is 18.4 Å². The van der Waals surface area contributed by atoms with E-state index in [9.17, 15) is 4.79 Å². The fourth-order valence-corrected chi connectivity index (χ4v) is 2.33. The molecule has 2 rings (SSSR count). The fraction of sp³-hybridized carbons (Fsp3) is 0.400. The van der Waals surface area contributed by atoms with Crippen LogP contribution in [0.25, 0.3) is 0 Å². The average Bonchev–Trinajstić information content (AvgIpc) is 2.39. The highest BCUT2D eigenvalue weighted by Crippen LogP contribution is 2.35. The largest absolute Gasteiger partial charge is 0.493 e. The van der Waals surface area contributed by atoms with Crippen molar-refractivity contribution in [1.82, 2.24) is 0 Å². The lowest BCUT2D eigenvalue weighted by Gasteiger charge is -2.26. The Bertz CT molecular complexity index is 442. The number of carbonyl (C=O) groups is 1. The third-order valence-electron chi connectivity index (χ3n) is 3.36. The van der Waals surface area contributed by atoms with E-state index < -0.39 is 6.04 Å². The Morgan fingerprint density at radius 3 is 3.11 bits per heavy atom. The van der Waals surface area contributed by atoms with Crippen LogP contribution in [0.5, 0.6) is 5.75 Å². The van der Waals surface area contributed by atoms with Gasteiger partial charge >= 0.3 is 0 Å². The van der Waals surface area contributed by atoms with E-state index in [1.807, 2.05) is 24.3 Å². The van der Waals surface area contributed by atoms with Gasteiger partial charge in [-0.25, -0.2) is 0 Å². The normalized spacial score (nSPS) is 19.5. The molecule has 0 aromatic heterocycles. The molecule has 0 saturated carbocycles. The van der Waals surface area contributed by atoms with Gasteiger partial charge in [0.2, 0.25) is 0 Å². The predicted molar refractivity (Wildman–Crippen MR) is 71.7 cm³/mol. The Morgan fingerprint density at radius 1 is 1.56 bits per heavy atom. The van der Waals surface area contributed by atoms with Gasteiger partial charge in [-0.05, 0) is 30.4 Å². The number of carbonyl (C=O) groups excluding carboxylic acids is 1. The molecule has 0 saturated heterocycles. The van der Waals surface area contributed by atoms with Crippen LogP contribution in [0.1, 0.15) is 30.7 Å². The molecule has 0 bridgehead atoms. The maximum Gasteiger partial charge on any atom is 0.150 e. The quantitative estimate of drug-likeness (QED) is 0.810. The van der Waals surface area contributed by atoms with Crippen LogP contribution in [0.4, 0.5) is 0 Å². The van der Waals surface area contributed by atoms with Crippen molar-refractivity contribution in [1.29, 1.82) is 0 Å². The van der Waals surface area contributed by atoms with Gasteiger partial charge in [-0.3, -0.25) is 4.79 Å². The molecule has 0 fully saturated rings. The minimum atomic E-state index is -0.419. The zero-order chi connectivity index (χ0) is 13.0. The molecule has 0 spiro atoms. The number of fused-ring (bicyclic) bond motifs is 1. The van der Waals surface area contributed by atoms with Crippen LogP contribution in [0, 0.1) is 0 Å². The number of ketones is 1. The van der Waals surface area contributed by atoms with Crippen molar-refractivity contribution in [2.75, 3.05) is 6.61 Å². The van der Waals surface area contributed by atoms with Crippen LogP contribution in [0.2, 0.25) is 0 Å². The summed E-state index contributed by atoms with van der Waals surface area (Å²) >= 11 is 0. The van der Waals surface area contributed by atoms with E-state index in [0.717, 1.165) is 17.7 Å². The van der Waals surface area contributed by atoms with Gasteiger partial charge in [0.1, 0.15) is 11.5 Å². The van der Waals surface area contributed by atoms with Crippen molar-refractivity contribution in [3.05, 3.63) is 42.5 Å². The van der Waals surface area contributed by atoms with Crippen LogP contribution in [0.3, 0.4) is 0 Å². The number of rotatable bonds is 5. The van der Waals surface area contributed by atoms with E-state index in [-0.39, 0.29) is 11.7 Å². The minimum absolute atomic E-state index is 0.108. The zero-order valence-corrected chi connectivity index (χ0v) is 10.5. The van der Waals surface area contributed by atoms with E-state index in [1.54, 1.807) is 6.08 Å². The highest BCUT2D eigenvalue weighted by atomic mass is 16.5. The summed E-state index contributed by atoms with van der Waals surface area (Å²) in [4.78, 5) is 12.0. The third-order valence-corrected chi connectivity index (χ3v) is 3.36. The first-order valence-corrected chi connectivity index (χ1v) is 6.33. The molecule has 1 aliphatic heterocycles. The van der Waals surface area contributed by atoms with E-state index in [4.69, 9.17) is 10.5 Å². The number of ether oxygens (including phenoxy) is 1. The molecule has 0 aliphatic carbocycles. The Labute approximate surface area is 108 Å². The van der Waals surface area contributed by atoms with Crippen molar-refractivity contribution in [3.63, 3.8) is 0 Å². The summed E-state index contributed by atoms with van der Waals surface area (Å²) in [6, 6.07) is 7.50. The number of nitrogens with two attached hydrogens (primary N) is 1. The molecule has 0 amide bonds. The smallest absolute Gasteiger partial charge is 0.150 e. The molecule has 1 heterocycles. The number of benzene rings is 1. The molecule has 2 unspecified atom stereocenters. The maximum absolute atomic E-state index is 12.0. The molecular weight excluding hydrogens is 226 g/mol. The van der Waals surface area contributed by atoms with Crippen molar-refractivity contribution in [2.24, 2.45) is 5.73 Å². The molecule has 1 aromatic carbocycles. The summed E-state index contributed by atoms with van der Waals surface area (Å²) in [5.74, 6) is 1.24. The van der Waals surface area contributed by atoms with Gasteiger partial charge in [0.15, 0.2) is 0 Å². The number of Topliss-reactive ketones (excluding diaryl/α,β-unsaturated/α-hetero) is 1. The summed E-state index contributed by atoms with van der Waals surface area (Å²) in [7, 11) is 0. The molecular formula is C15H19NO2. The third kappa shape index (κ3) is 2.79. The lowest BCUT2D eigenvalue weighted by molar-refractivity contribution is -0.120. The zero-order valence-electron chi connectivity index (χ0n) is 10.5. The van der Waals surface area contributed by atoms with Gasteiger partial charge in [-0.2, -0.15) is 0 Å². The number of hydrogen-bond acceptors (Lipinski definition) is 3. The lowest BCUT2D eigenvalue weighted by atomic mass is 9.87. The van der Waals surface area contributed by atoms with Crippen molar-refractivity contribution in [2.45, 2.75) is 31.2 Å². The summed E-state index contributed by atoms with van der Waals surface area (Å²) in [5, 5.41) is 0. The first kappa shape index (κ1) is 12.8. The average molecular weight is 245 g/mol. The Morgan fingerprint density at radius 2 is 2.33 bits per heavy atom. The molecule has 3 nitrogen and oxygen atoms in total. The highest BCUT2D eigenvalue weighted by Gasteiger charge is 2.25. The van der Waals surface area contributed by atoms with E-state index >= 15 is 0 Å². The second-order valence-corrected chi connectivity index (χ2v) is 4.67. The Kier molecular flexibility index (Phi) is 4.15. The first-order chi connectivity index (χ1) is 8.72. The lowest BCUT2D eigenvalue weighted by Crippen LogP contribution is -2.31. The summed E-state index contributed by atoms with van der Waals surface area (Å²) in [6.45, 7) is 4.29. The number of hydrogen-bond donors (Lipinski definition) is 1. The van der Waals surface area contributed by atoms with Gasteiger partial charge in [0.25, 0.3) is 0 Å². The summed E-state index contributed by atoms with van der Waals surface area (Å²) < 4.78 is 5.58. The summed E-state index contributed by atoms with van der Waals surface area (Å²) in [6.07, 6.45) is 3.61. The fourth-order valence-electron chi connectivity index (χ4n) is 2.33. The summed E-state index contributed by atoms with van der Waals surface area (Å²) in [5.41, 5.74) is 6.94. The van der Waals surface area contributed by atoms with Gasteiger partial charge < -0.3 is 10.5 Å². The predicted octanol–water partition coefficient (Wildman–Crippen LogP) is 2.42. The highest BCUT2D eigenvalue weighted by molar-refractivity contribution is 5.84. The topological polar surface area (TPSA) is 52.3 Å². The van der Waals surface area contributed by atoms with E-state index in [1.165, 1.54) is 0 Å². The van der Waals surface area contributed by atoms with Gasteiger partial charge in [0, 0.05) is 6.42 Å². The van der Waals surface area contributed by atoms with E-state index in [0.29, 0.717) is 19.4 Å². The van der Waals surface area contributed by atoms with Crippen molar-refractivity contribution in [3.8, 4) is 5.75 Å². The molecule has 2 N–H and O–H groups in total. The molecule has 18 heavy (non-hydrogen) atoms. The SMILES string of the molecule is C=CCC(N)C(=O)CC1CCOc2ccccc21. The Hall–Kier alpha value is -1.61. The van der Waals surface area contributed by atoms with E-state index in [2.05, 4.69) is 6.58 Å². The van der Waals surface area contributed by atoms with Crippen molar-refractivity contribution < 1.29 is 9.53 Å². The van der Waals surface area contributed by atoms with Crippen molar-refractivity contribution >= 4 is 5.78 Å². The molecule has 1 aliphatic rings. The van der Waals surface area contributed by atoms with Gasteiger partial charge in [-0.15, -0.1) is 6.58 Å². The molecule has 2 atom stereocenters. The number of para-hydroxylation sites is 1. The molecule has 96 valence electrons. The van der Waals surface area contributed by atoms with Gasteiger partial charge in [0.05, 0.1) is 12.6 Å². The monoisotopic (exact) mass is 245 g/mol. The second-order valence-electron chi connectivity index (χ2n) is 4.67. The standard InChI is InChI=1S/C15H19NO2/c1-2-5-13(16)14(17)10-11-8-9-18-15-7-4-3-6-12(11)15/h2-4,6-7,11,13H,1,5,8-10,16H2. The van der Waals surface area contributed by atoms with Crippen LogP contribution in [-0.2, 0) is 4.79 Å². The molecule has 0 radical (unpaired) electrons. The molecule has 3 heteroatoms. The Balaban J connectivity index is 2.07. The minimum Gasteiger partial charge on any atom is -0.493 e. The molecule has 1 aromatic rings. The maximum atomic E-state index is 12.0. The van der Waals surface area contributed by atoms with Crippen LogP contribution >= 0.6 is 0 Å². The second kappa shape index (κ2) is 5.83. The van der Waals surface area contributed by atoms with Gasteiger partial charge in [-0.1, -0.05) is 24.3 Å². The first-order valence-electron chi connectivity index (χ1n) is 6.33. The van der Waals surface area contributed by atoms with Crippen LogP contribution in [0.15, 0.2) is 36.9 Å².